The molecule has 12 heteroatoms. The van der Waals surface area contributed by atoms with Crippen molar-refractivity contribution in [2.75, 3.05) is 13.1 Å². The fourth-order valence-electron chi connectivity index (χ4n) is 3.73. The summed E-state index contributed by atoms with van der Waals surface area (Å²) < 4.78 is 35.3. The van der Waals surface area contributed by atoms with Gasteiger partial charge in [0, 0.05) is 37.8 Å². The van der Waals surface area contributed by atoms with E-state index in [9.17, 15) is 23.3 Å². The summed E-state index contributed by atoms with van der Waals surface area (Å²) in [5.74, 6) is -0.538. The Morgan fingerprint density at radius 2 is 1.79 bits per heavy atom. The summed E-state index contributed by atoms with van der Waals surface area (Å²) in [6.45, 7) is 4.19. The van der Waals surface area contributed by atoms with Crippen LogP contribution in [0.5, 0.6) is 0 Å². The molecule has 0 aliphatic carbocycles. The minimum Gasteiger partial charge on any atom is -0.373 e. The molecule has 1 aliphatic rings. The number of nitro groups is 1. The molecule has 2 aromatic carbocycles. The Morgan fingerprint density at radius 1 is 1.15 bits per heavy atom. The summed E-state index contributed by atoms with van der Waals surface area (Å²) in [7, 11) is -2.03. The number of aryl methyl sites for hydroxylation is 1. The molecule has 10 nitrogen and oxygen atoms in total. The molecule has 0 bridgehead atoms. The predicted molar refractivity (Wildman–Crippen MR) is 123 cm³/mol. The van der Waals surface area contributed by atoms with Crippen LogP contribution in [0.4, 0.5) is 5.69 Å². The number of nitrogens with zero attached hydrogens (tertiary/aromatic N) is 4. The second kappa shape index (κ2) is 8.78. The maximum absolute atomic E-state index is 13.0. The Balaban J connectivity index is 1.61. The van der Waals surface area contributed by atoms with E-state index >= 15 is 0 Å². The first-order valence-corrected chi connectivity index (χ1v) is 12.4. The van der Waals surface area contributed by atoms with Gasteiger partial charge >= 0.3 is 0 Å². The molecule has 4 rings (SSSR count). The number of ether oxygens (including phenoxy) is 1. The number of hydrogen-bond donors (Lipinski definition) is 0. The van der Waals surface area contributed by atoms with Crippen LogP contribution < -0.4 is 4.80 Å². The molecule has 0 radical (unpaired) electrons. The highest BCUT2D eigenvalue weighted by atomic mass is 32.2. The lowest BCUT2D eigenvalue weighted by molar-refractivity contribution is -0.384. The van der Waals surface area contributed by atoms with Crippen LogP contribution >= 0.6 is 11.3 Å². The van der Waals surface area contributed by atoms with Gasteiger partial charge in [0.15, 0.2) is 4.80 Å². The number of morpholine rings is 1. The summed E-state index contributed by atoms with van der Waals surface area (Å²) in [6.07, 6.45) is -0.404. The number of nitro benzene ring substituents is 1. The number of amides is 1. The number of fused-ring (bicyclic) bond motifs is 1. The van der Waals surface area contributed by atoms with Gasteiger partial charge in [-0.3, -0.25) is 14.9 Å². The van der Waals surface area contributed by atoms with Crippen LogP contribution in [0.1, 0.15) is 24.2 Å². The van der Waals surface area contributed by atoms with Crippen LogP contribution in [0.25, 0.3) is 10.2 Å². The van der Waals surface area contributed by atoms with Gasteiger partial charge in [-0.15, -0.1) is 0 Å². The van der Waals surface area contributed by atoms with Gasteiger partial charge in [0.05, 0.1) is 32.2 Å². The lowest BCUT2D eigenvalue weighted by Gasteiger charge is -2.34. The standard InChI is InChI=1S/C21H22N4O6S2/c1-13-11-24(12-14(2)31-13)33(29,30)17-7-4-15(5-8-17)20(26)22-21-23(3)18-10-16(25(27)28)6-9-19(18)32-21/h4-10,13-14H,11-12H2,1-3H3. The molecule has 0 N–H and O–H groups in total. The van der Waals surface area contributed by atoms with E-state index < -0.39 is 20.9 Å². The number of carbonyl (C=O) groups is 1. The Hall–Kier alpha value is -2.93. The van der Waals surface area contributed by atoms with Crippen molar-refractivity contribution in [2.45, 2.75) is 31.0 Å². The van der Waals surface area contributed by atoms with E-state index in [0.29, 0.717) is 10.3 Å². The van der Waals surface area contributed by atoms with E-state index in [0.717, 1.165) is 4.70 Å². The highest BCUT2D eigenvalue weighted by Gasteiger charge is 2.32. The molecule has 1 amide bonds. The van der Waals surface area contributed by atoms with Gasteiger partial charge in [0.25, 0.3) is 11.6 Å². The molecule has 33 heavy (non-hydrogen) atoms. The van der Waals surface area contributed by atoms with E-state index in [4.69, 9.17) is 4.74 Å². The number of aromatic nitrogens is 1. The van der Waals surface area contributed by atoms with Gasteiger partial charge in [-0.05, 0) is 44.2 Å². The van der Waals surface area contributed by atoms with E-state index in [1.807, 2.05) is 13.8 Å². The topological polar surface area (TPSA) is 124 Å². The van der Waals surface area contributed by atoms with E-state index in [1.165, 1.54) is 52.0 Å². The first-order chi connectivity index (χ1) is 15.6. The van der Waals surface area contributed by atoms with Crippen molar-refractivity contribution in [3.63, 3.8) is 0 Å². The number of benzene rings is 2. The summed E-state index contributed by atoms with van der Waals surface area (Å²) in [5.41, 5.74) is 0.784. The van der Waals surface area contributed by atoms with Crippen LogP contribution in [0, 0.1) is 10.1 Å². The summed E-state index contributed by atoms with van der Waals surface area (Å²) in [6, 6.07) is 10.1. The molecular formula is C21H22N4O6S2. The number of sulfonamides is 1. The smallest absolute Gasteiger partial charge is 0.279 e. The first-order valence-electron chi connectivity index (χ1n) is 10.1. The van der Waals surface area contributed by atoms with E-state index in [-0.39, 0.29) is 41.4 Å². The SMILES string of the molecule is CC1CN(S(=O)(=O)c2ccc(C(=O)N=c3sc4ccc([N+](=O)[O-])cc4n3C)cc2)CC(C)O1. The van der Waals surface area contributed by atoms with Crippen molar-refractivity contribution >= 4 is 43.2 Å². The quantitative estimate of drug-likeness (QED) is 0.409. The monoisotopic (exact) mass is 490 g/mol. The van der Waals surface area contributed by atoms with Crippen LogP contribution in [0.15, 0.2) is 52.4 Å². The fraction of sp³-hybridized carbons (Fsp3) is 0.333. The largest absolute Gasteiger partial charge is 0.373 e. The zero-order chi connectivity index (χ0) is 23.9. The van der Waals surface area contributed by atoms with Crippen molar-refractivity contribution < 1.29 is 22.9 Å². The lowest BCUT2D eigenvalue weighted by atomic mass is 10.2. The minimum absolute atomic E-state index is 0.0466. The molecular weight excluding hydrogens is 468 g/mol. The van der Waals surface area contributed by atoms with Gasteiger partial charge in [0.2, 0.25) is 10.0 Å². The number of non-ortho nitro benzene ring substituents is 1. The van der Waals surface area contributed by atoms with E-state index in [2.05, 4.69) is 4.99 Å². The Kier molecular flexibility index (Phi) is 6.18. The molecule has 2 atom stereocenters. The third kappa shape index (κ3) is 4.60. The second-order valence-electron chi connectivity index (χ2n) is 7.87. The van der Waals surface area contributed by atoms with Crippen LogP contribution in [-0.4, -0.2) is 53.4 Å². The Morgan fingerprint density at radius 3 is 2.39 bits per heavy atom. The zero-order valence-corrected chi connectivity index (χ0v) is 19.8. The molecule has 1 aliphatic heterocycles. The van der Waals surface area contributed by atoms with Crippen LogP contribution in [-0.2, 0) is 21.8 Å². The van der Waals surface area contributed by atoms with Gasteiger partial charge in [-0.1, -0.05) is 11.3 Å². The van der Waals surface area contributed by atoms with Gasteiger partial charge in [0.1, 0.15) is 0 Å². The molecule has 0 spiro atoms. The third-order valence-electron chi connectivity index (χ3n) is 5.33. The molecule has 2 heterocycles. The number of carbonyl (C=O) groups excluding carboxylic acids is 1. The van der Waals surface area contributed by atoms with Gasteiger partial charge < -0.3 is 9.30 Å². The average molecular weight is 491 g/mol. The lowest BCUT2D eigenvalue weighted by Crippen LogP contribution is -2.48. The van der Waals surface area contributed by atoms with Crippen molar-refractivity contribution in [1.29, 1.82) is 0 Å². The van der Waals surface area contributed by atoms with Crippen molar-refractivity contribution in [2.24, 2.45) is 12.0 Å². The van der Waals surface area contributed by atoms with Crippen molar-refractivity contribution in [3.05, 3.63) is 62.9 Å². The molecule has 174 valence electrons. The maximum Gasteiger partial charge on any atom is 0.279 e. The third-order valence-corrected chi connectivity index (χ3v) is 8.28. The number of rotatable bonds is 4. The number of thiazole rings is 1. The maximum atomic E-state index is 13.0. The highest BCUT2D eigenvalue weighted by molar-refractivity contribution is 7.89. The zero-order valence-electron chi connectivity index (χ0n) is 18.2. The first kappa shape index (κ1) is 23.2. The molecule has 3 aromatic rings. The highest BCUT2D eigenvalue weighted by Crippen LogP contribution is 2.23. The Bertz CT molecular complexity index is 1400. The number of hydrogen-bond acceptors (Lipinski definition) is 7. The summed E-state index contributed by atoms with van der Waals surface area (Å²) in [4.78, 5) is 27.9. The minimum atomic E-state index is -3.71. The average Bonchev–Trinajstić information content (AvgIpc) is 3.07. The normalized spacial score (nSPS) is 20.3. The second-order valence-corrected chi connectivity index (χ2v) is 10.8. The van der Waals surface area contributed by atoms with Crippen molar-refractivity contribution in [1.82, 2.24) is 8.87 Å². The molecule has 2 unspecified atom stereocenters. The van der Waals surface area contributed by atoms with Crippen LogP contribution in [0.3, 0.4) is 0 Å². The summed E-state index contributed by atoms with van der Waals surface area (Å²) in [5, 5.41) is 11.0. The van der Waals surface area contributed by atoms with Gasteiger partial charge in [-0.2, -0.15) is 9.30 Å². The van der Waals surface area contributed by atoms with E-state index in [1.54, 1.807) is 17.7 Å². The van der Waals surface area contributed by atoms with Gasteiger partial charge in [-0.25, -0.2) is 8.42 Å². The summed E-state index contributed by atoms with van der Waals surface area (Å²) >= 11 is 1.23. The van der Waals surface area contributed by atoms with Crippen molar-refractivity contribution in [3.8, 4) is 0 Å². The molecule has 1 fully saturated rings. The fourth-order valence-corrected chi connectivity index (χ4v) is 6.32. The Labute approximate surface area is 193 Å². The predicted octanol–water partition coefficient (Wildman–Crippen LogP) is 2.69. The molecule has 1 aromatic heterocycles. The van der Waals surface area contributed by atoms with Crippen LogP contribution in [0.2, 0.25) is 0 Å². The molecule has 0 saturated carbocycles. The molecule has 1 saturated heterocycles.